The van der Waals surface area contributed by atoms with Gasteiger partial charge < -0.3 is 10.1 Å². The van der Waals surface area contributed by atoms with Crippen LogP contribution in [0.25, 0.3) is 10.6 Å². The molecule has 2 aromatic heterocycles. The molecule has 0 fully saturated rings. The molecule has 0 unspecified atom stereocenters. The van der Waals surface area contributed by atoms with Gasteiger partial charge in [0.2, 0.25) is 0 Å². The molecule has 0 amide bonds. The van der Waals surface area contributed by atoms with Gasteiger partial charge in [0.15, 0.2) is 0 Å². The highest BCUT2D eigenvalue weighted by Gasteiger charge is 2.08. The number of hydrogen-bond donors (Lipinski definition) is 2. The van der Waals surface area contributed by atoms with Crippen LogP contribution >= 0.6 is 27.3 Å². The average Bonchev–Trinajstić information content (AvgIpc) is 3.16. The molecular weight excluding hydrogens is 350 g/mol. The largest absolute Gasteiger partial charge is 0.496 e. The van der Waals surface area contributed by atoms with E-state index in [0.717, 1.165) is 27.2 Å². The number of nitrogens with zero attached hydrogens (tertiary/aromatic N) is 1. The Kier molecular flexibility index (Phi) is 4.26. The topological polar surface area (TPSA) is 49.9 Å². The summed E-state index contributed by atoms with van der Waals surface area (Å²) in [6.45, 7) is 0.711. The normalized spacial score (nSPS) is 10.6. The van der Waals surface area contributed by atoms with E-state index in [1.807, 2.05) is 30.5 Å². The van der Waals surface area contributed by atoms with Crippen LogP contribution in [-0.4, -0.2) is 17.3 Å². The van der Waals surface area contributed by atoms with Gasteiger partial charge in [-0.2, -0.15) is 5.10 Å². The van der Waals surface area contributed by atoms with Gasteiger partial charge in [0.05, 0.1) is 28.4 Å². The van der Waals surface area contributed by atoms with Crippen molar-refractivity contribution in [2.45, 2.75) is 6.54 Å². The first kappa shape index (κ1) is 14.2. The molecule has 0 bridgehead atoms. The minimum atomic E-state index is 0.711. The smallest absolute Gasteiger partial charge is 0.133 e. The zero-order chi connectivity index (χ0) is 14.7. The predicted molar refractivity (Wildman–Crippen MR) is 89.9 cm³/mol. The SMILES string of the molecule is COc1ccc(NCc2cn[nH]c2-c2cccs2)cc1Br. The van der Waals surface area contributed by atoms with Crippen LogP contribution < -0.4 is 10.1 Å². The molecule has 0 atom stereocenters. The summed E-state index contributed by atoms with van der Waals surface area (Å²) in [6.07, 6.45) is 1.86. The van der Waals surface area contributed by atoms with E-state index in [2.05, 4.69) is 42.9 Å². The van der Waals surface area contributed by atoms with Crippen molar-refractivity contribution in [3.63, 3.8) is 0 Å². The summed E-state index contributed by atoms with van der Waals surface area (Å²) in [5, 5.41) is 12.7. The number of benzene rings is 1. The molecule has 3 aromatic rings. The van der Waals surface area contributed by atoms with Crippen molar-refractivity contribution in [3.05, 3.63) is 51.9 Å². The highest BCUT2D eigenvalue weighted by Crippen LogP contribution is 2.29. The molecule has 0 saturated carbocycles. The molecule has 0 aliphatic rings. The zero-order valence-electron chi connectivity index (χ0n) is 11.4. The number of methoxy groups -OCH3 is 1. The van der Waals surface area contributed by atoms with Gasteiger partial charge >= 0.3 is 0 Å². The Morgan fingerprint density at radius 3 is 3.00 bits per heavy atom. The van der Waals surface area contributed by atoms with Crippen molar-refractivity contribution in [1.29, 1.82) is 0 Å². The monoisotopic (exact) mass is 363 g/mol. The number of halogens is 1. The minimum Gasteiger partial charge on any atom is -0.496 e. The zero-order valence-corrected chi connectivity index (χ0v) is 13.8. The number of anilines is 1. The lowest BCUT2D eigenvalue weighted by Gasteiger charge is -2.09. The Morgan fingerprint density at radius 1 is 1.38 bits per heavy atom. The Balaban J connectivity index is 1.74. The maximum atomic E-state index is 5.23. The van der Waals surface area contributed by atoms with Crippen LogP contribution in [0.5, 0.6) is 5.75 Å². The molecule has 2 heterocycles. The summed E-state index contributed by atoms with van der Waals surface area (Å²) in [5.74, 6) is 0.822. The fourth-order valence-corrected chi connectivity index (χ4v) is 3.35. The summed E-state index contributed by atoms with van der Waals surface area (Å²) >= 11 is 5.19. The predicted octanol–water partition coefficient (Wildman–Crippen LogP) is 4.52. The van der Waals surface area contributed by atoms with Crippen LogP contribution in [0.3, 0.4) is 0 Å². The average molecular weight is 364 g/mol. The Morgan fingerprint density at radius 2 is 2.29 bits per heavy atom. The second-order valence-electron chi connectivity index (χ2n) is 4.45. The maximum Gasteiger partial charge on any atom is 0.133 e. The Hall–Kier alpha value is -1.79. The van der Waals surface area contributed by atoms with E-state index in [9.17, 15) is 0 Å². The number of ether oxygens (including phenoxy) is 1. The van der Waals surface area contributed by atoms with E-state index in [-0.39, 0.29) is 0 Å². The highest BCUT2D eigenvalue weighted by molar-refractivity contribution is 9.10. The lowest BCUT2D eigenvalue weighted by atomic mass is 10.2. The number of aromatic amines is 1. The van der Waals surface area contributed by atoms with Crippen LogP contribution in [-0.2, 0) is 6.54 Å². The van der Waals surface area contributed by atoms with Crippen LogP contribution in [0.1, 0.15) is 5.56 Å². The quantitative estimate of drug-likeness (QED) is 0.700. The lowest BCUT2D eigenvalue weighted by molar-refractivity contribution is 0.412. The number of rotatable bonds is 5. The molecule has 0 saturated heterocycles. The second-order valence-corrected chi connectivity index (χ2v) is 6.25. The first-order valence-corrected chi connectivity index (χ1v) is 8.08. The van der Waals surface area contributed by atoms with Crippen LogP contribution in [0.2, 0.25) is 0 Å². The molecular formula is C15H14BrN3OS. The first-order valence-electron chi connectivity index (χ1n) is 6.41. The molecule has 0 radical (unpaired) electrons. The number of nitrogens with one attached hydrogen (secondary N) is 2. The van der Waals surface area contributed by atoms with Gasteiger partial charge in [-0.25, -0.2) is 0 Å². The molecule has 0 aliphatic carbocycles. The van der Waals surface area contributed by atoms with Crippen LogP contribution in [0.15, 0.2) is 46.4 Å². The van der Waals surface area contributed by atoms with Crippen molar-refractivity contribution in [2.75, 3.05) is 12.4 Å². The molecule has 2 N–H and O–H groups in total. The van der Waals surface area contributed by atoms with Crippen molar-refractivity contribution in [2.24, 2.45) is 0 Å². The molecule has 6 heteroatoms. The summed E-state index contributed by atoms with van der Waals surface area (Å²) in [4.78, 5) is 1.19. The molecule has 108 valence electrons. The number of H-pyrrole nitrogens is 1. The molecule has 3 rings (SSSR count). The van der Waals surface area contributed by atoms with E-state index in [1.165, 1.54) is 4.88 Å². The van der Waals surface area contributed by atoms with Crippen molar-refractivity contribution in [1.82, 2.24) is 10.2 Å². The molecule has 4 nitrogen and oxygen atoms in total. The van der Waals surface area contributed by atoms with Gasteiger partial charge in [-0.15, -0.1) is 11.3 Å². The number of thiophene rings is 1. The third-order valence-corrected chi connectivity index (χ3v) is 4.63. The van der Waals surface area contributed by atoms with E-state index < -0.39 is 0 Å². The molecule has 0 aliphatic heterocycles. The van der Waals surface area contributed by atoms with Gasteiger partial charge in [-0.05, 0) is 45.6 Å². The van der Waals surface area contributed by atoms with E-state index in [4.69, 9.17) is 4.74 Å². The van der Waals surface area contributed by atoms with Crippen LogP contribution in [0.4, 0.5) is 5.69 Å². The van der Waals surface area contributed by atoms with Gasteiger partial charge in [0.25, 0.3) is 0 Å². The number of hydrogen-bond acceptors (Lipinski definition) is 4. The van der Waals surface area contributed by atoms with E-state index >= 15 is 0 Å². The first-order chi connectivity index (χ1) is 10.3. The molecule has 0 spiro atoms. The van der Waals surface area contributed by atoms with Gasteiger partial charge in [-0.3, -0.25) is 5.10 Å². The Bertz CT molecular complexity index is 724. The molecule has 1 aromatic carbocycles. The van der Waals surface area contributed by atoms with Gasteiger partial charge in [0, 0.05) is 17.8 Å². The summed E-state index contributed by atoms with van der Waals surface area (Å²) in [6, 6.07) is 10.1. The standard InChI is InChI=1S/C15H14BrN3OS/c1-20-13-5-4-11(7-12(13)16)17-8-10-9-18-19-15(10)14-3-2-6-21-14/h2-7,9,17H,8H2,1H3,(H,18,19). The minimum absolute atomic E-state index is 0.711. The lowest BCUT2D eigenvalue weighted by Crippen LogP contribution is -2.00. The fraction of sp³-hybridized carbons (Fsp3) is 0.133. The molecule has 21 heavy (non-hydrogen) atoms. The summed E-state index contributed by atoms with van der Waals surface area (Å²) in [5.41, 5.74) is 3.25. The maximum absolute atomic E-state index is 5.23. The van der Waals surface area contributed by atoms with E-state index in [0.29, 0.717) is 6.54 Å². The van der Waals surface area contributed by atoms with E-state index in [1.54, 1.807) is 18.4 Å². The second kappa shape index (κ2) is 6.32. The van der Waals surface area contributed by atoms with Crippen molar-refractivity contribution in [3.8, 4) is 16.3 Å². The van der Waals surface area contributed by atoms with Crippen LogP contribution in [0, 0.1) is 0 Å². The third-order valence-electron chi connectivity index (χ3n) is 3.12. The number of aromatic nitrogens is 2. The highest BCUT2D eigenvalue weighted by atomic mass is 79.9. The summed E-state index contributed by atoms with van der Waals surface area (Å²) < 4.78 is 6.16. The van der Waals surface area contributed by atoms with Gasteiger partial charge in [0.1, 0.15) is 5.75 Å². The third kappa shape index (κ3) is 3.11. The van der Waals surface area contributed by atoms with Gasteiger partial charge in [-0.1, -0.05) is 6.07 Å². The summed E-state index contributed by atoms with van der Waals surface area (Å²) in [7, 11) is 1.66. The fourth-order valence-electron chi connectivity index (χ4n) is 2.05. The van der Waals surface area contributed by atoms with Crippen molar-refractivity contribution < 1.29 is 4.74 Å². The van der Waals surface area contributed by atoms with Crippen molar-refractivity contribution >= 4 is 33.0 Å². The Labute approximate surface area is 135 Å².